The summed E-state index contributed by atoms with van der Waals surface area (Å²) in [5.74, 6) is -0.769. The van der Waals surface area contributed by atoms with Crippen molar-refractivity contribution < 1.29 is 18.0 Å². The maximum atomic E-state index is 13.6. The van der Waals surface area contributed by atoms with E-state index in [1.165, 1.54) is 4.90 Å². The van der Waals surface area contributed by atoms with Gasteiger partial charge in [0.05, 0.1) is 22.0 Å². The van der Waals surface area contributed by atoms with Gasteiger partial charge in [-0.15, -0.1) is 0 Å². The Morgan fingerprint density at radius 2 is 1.67 bits per heavy atom. The van der Waals surface area contributed by atoms with Crippen molar-refractivity contribution >= 4 is 50.7 Å². The lowest BCUT2D eigenvalue weighted by Gasteiger charge is -2.33. The molecule has 10 heteroatoms. The number of sulfonamides is 1. The van der Waals surface area contributed by atoms with Gasteiger partial charge in [0, 0.05) is 12.6 Å². The van der Waals surface area contributed by atoms with Gasteiger partial charge in [-0.1, -0.05) is 66.2 Å². The maximum absolute atomic E-state index is 13.6. The predicted octanol–water partition coefficient (Wildman–Crippen LogP) is 4.93. The minimum Gasteiger partial charge on any atom is -0.352 e. The monoisotopic (exact) mass is 553 g/mol. The Bertz CT molecular complexity index is 1180. The molecule has 0 heterocycles. The van der Waals surface area contributed by atoms with Gasteiger partial charge in [0.15, 0.2) is 0 Å². The van der Waals surface area contributed by atoms with Crippen LogP contribution in [-0.2, 0) is 26.2 Å². The molecule has 2 amide bonds. The summed E-state index contributed by atoms with van der Waals surface area (Å²) >= 11 is 12.2. The largest absolute Gasteiger partial charge is 0.352 e. The van der Waals surface area contributed by atoms with Crippen molar-refractivity contribution in [3.63, 3.8) is 0 Å². The number of hydrogen-bond acceptors (Lipinski definition) is 4. The van der Waals surface area contributed by atoms with Gasteiger partial charge in [0.1, 0.15) is 12.6 Å². The smallest absolute Gasteiger partial charge is 0.244 e. The number of aryl methyl sites for hydroxylation is 1. The van der Waals surface area contributed by atoms with E-state index >= 15 is 0 Å². The van der Waals surface area contributed by atoms with Crippen molar-refractivity contribution in [2.75, 3.05) is 17.1 Å². The van der Waals surface area contributed by atoms with Crippen LogP contribution in [0.4, 0.5) is 5.69 Å². The molecule has 2 aromatic carbocycles. The van der Waals surface area contributed by atoms with Crippen molar-refractivity contribution in [1.29, 1.82) is 0 Å². The third kappa shape index (κ3) is 7.60. The van der Waals surface area contributed by atoms with Gasteiger partial charge in [0.25, 0.3) is 0 Å². The summed E-state index contributed by atoms with van der Waals surface area (Å²) in [6.45, 7) is 3.18. The quantitative estimate of drug-likeness (QED) is 0.476. The van der Waals surface area contributed by atoms with Crippen LogP contribution >= 0.6 is 23.2 Å². The highest BCUT2D eigenvalue weighted by Crippen LogP contribution is 2.25. The van der Waals surface area contributed by atoms with Gasteiger partial charge in [0.2, 0.25) is 21.8 Å². The molecule has 1 saturated carbocycles. The Morgan fingerprint density at radius 1 is 1.03 bits per heavy atom. The molecule has 0 bridgehead atoms. The van der Waals surface area contributed by atoms with E-state index in [9.17, 15) is 18.0 Å². The predicted molar refractivity (Wildman–Crippen MR) is 145 cm³/mol. The zero-order valence-electron chi connectivity index (χ0n) is 20.8. The average molecular weight is 555 g/mol. The van der Waals surface area contributed by atoms with Crippen LogP contribution in [0.5, 0.6) is 0 Å². The molecule has 196 valence electrons. The van der Waals surface area contributed by atoms with Gasteiger partial charge in [-0.25, -0.2) is 8.42 Å². The molecular formula is C26H33Cl2N3O4S. The van der Waals surface area contributed by atoms with Crippen molar-refractivity contribution in [3.8, 4) is 0 Å². The Morgan fingerprint density at radius 3 is 2.25 bits per heavy atom. The van der Waals surface area contributed by atoms with Crippen LogP contribution in [-0.4, -0.2) is 50.0 Å². The summed E-state index contributed by atoms with van der Waals surface area (Å²) in [5.41, 5.74) is 2.02. The third-order valence-corrected chi connectivity index (χ3v) is 8.34. The van der Waals surface area contributed by atoms with E-state index in [4.69, 9.17) is 23.2 Å². The lowest BCUT2D eigenvalue weighted by molar-refractivity contribution is -0.139. The molecule has 1 aliphatic carbocycles. The molecule has 0 spiro atoms. The summed E-state index contributed by atoms with van der Waals surface area (Å²) in [4.78, 5) is 28.2. The zero-order valence-corrected chi connectivity index (χ0v) is 23.2. The minimum atomic E-state index is -3.77. The second-order valence-corrected chi connectivity index (χ2v) is 12.1. The molecule has 3 rings (SSSR count). The van der Waals surface area contributed by atoms with E-state index in [0.29, 0.717) is 21.3 Å². The molecule has 36 heavy (non-hydrogen) atoms. The zero-order chi connectivity index (χ0) is 26.5. The lowest BCUT2D eigenvalue weighted by Crippen LogP contribution is -2.52. The van der Waals surface area contributed by atoms with E-state index in [0.717, 1.165) is 48.2 Å². The number of halogens is 2. The molecule has 0 aliphatic heterocycles. The topological polar surface area (TPSA) is 86.8 Å². The molecule has 0 saturated heterocycles. The first-order valence-electron chi connectivity index (χ1n) is 12.0. The fourth-order valence-electron chi connectivity index (χ4n) is 4.31. The van der Waals surface area contributed by atoms with E-state index in [1.807, 2.05) is 6.92 Å². The van der Waals surface area contributed by atoms with E-state index in [2.05, 4.69) is 5.32 Å². The van der Waals surface area contributed by atoms with Gasteiger partial charge in [-0.05, 0) is 56.5 Å². The molecule has 2 aromatic rings. The second kappa shape index (κ2) is 12.3. The Kier molecular flexibility index (Phi) is 9.66. The molecule has 7 nitrogen and oxygen atoms in total. The van der Waals surface area contributed by atoms with Crippen molar-refractivity contribution in [1.82, 2.24) is 10.2 Å². The Labute approximate surface area is 223 Å². The molecular weight excluding hydrogens is 521 g/mol. The third-order valence-electron chi connectivity index (χ3n) is 6.46. The highest BCUT2D eigenvalue weighted by molar-refractivity contribution is 7.92. The van der Waals surface area contributed by atoms with Gasteiger partial charge < -0.3 is 10.2 Å². The first kappa shape index (κ1) is 28.3. The number of rotatable bonds is 9. The highest BCUT2D eigenvalue weighted by Gasteiger charge is 2.31. The summed E-state index contributed by atoms with van der Waals surface area (Å²) in [7, 11) is -3.77. The molecule has 0 aromatic heterocycles. The number of hydrogen-bond donors (Lipinski definition) is 1. The Hall–Kier alpha value is -2.29. The number of anilines is 1. The first-order valence-corrected chi connectivity index (χ1v) is 14.6. The molecule has 1 unspecified atom stereocenters. The number of carbonyl (C=O) groups excluding carboxylic acids is 2. The fourth-order valence-corrected chi connectivity index (χ4v) is 5.48. The maximum Gasteiger partial charge on any atom is 0.244 e. The number of benzene rings is 2. The van der Waals surface area contributed by atoms with Crippen LogP contribution in [0.25, 0.3) is 0 Å². The summed E-state index contributed by atoms with van der Waals surface area (Å²) in [6, 6.07) is 11.1. The fraction of sp³-hybridized carbons (Fsp3) is 0.462. The van der Waals surface area contributed by atoms with Crippen LogP contribution in [0.3, 0.4) is 0 Å². The lowest BCUT2D eigenvalue weighted by atomic mass is 9.95. The van der Waals surface area contributed by atoms with Gasteiger partial charge >= 0.3 is 0 Å². The van der Waals surface area contributed by atoms with E-state index < -0.39 is 28.5 Å². The standard InChI is InChI=1S/C26H33Cl2N3O4S/c1-18-9-12-22(13-10-18)31(36(3,34)35)17-25(32)30(16-20-11-14-23(27)24(28)15-20)19(2)26(33)29-21-7-5-4-6-8-21/h9-15,19,21H,4-8,16-17H2,1-3H3,(H,29,33). The van der Waals surface area contributed by atoms with Crippen LogP contribution in [0.15, 0.2) is 42.5 Å². The Balaban J connectivity index is 1.88. The SMILES string of the molecule is Cc1ccc(N(CC(=O)N(Cc2ccc(Cl)c(Cl)c2)C(C)C(=O)NC2CCCCC2)S(C)(=O)=O)cc1. The number of nitrogens with zero attached hydrogens (tertiary/aromatic N) is 2. The normalized spacial score (nSPS) is 15.2. The summed E-state index contributed by atoms with van der Waals surface area (Å²) < 4.78 is 26.3. The summed E-state index contributed by atoms with van der Waals surface area (Å²) in [6.07, 6.45) is 6.16. The number of carbonyl (C=O) groups is 2. The van der Waals surface area contributed by atoms with Crippen LogP contribution in [0.2, 0.25) is 10.0 Å². The molecule has 1 atom stereocenters. The second-order valence-electron chi connectivity index (χ2n) is 9.39. The van der Waals surface area contributed by atoms with Crippen LogP contribution in [0.1, 0.15) is 50.2 Å². The van der Waals surface area contributed by atoms with Crippen molar-refractivity contribution in [3.05, 3.63) is 63.6 Å². The first-order chi connectivity index (χ1) is 17.0. The highest BCUT2D eigenvalue weighted by atomic mass is 35.5. The van der Waals surface area contributed by atoms with E-state index in [1.54, 1.807) is 49.4 Å². The molecule has 1 aliphatic rings. The van der Waals surface area contributed by atoms with Gasteiger partial charge in [-0.3, -0.25) is 13.9 Å². The number of amides is 2. The van der Waals surface area contributed by atoms with Crippen molar-refractivity contribution in [2.45, 2.75) is 64.6 Å². The van der Waals surface area contributed by atoms with E-state index in [-0.39, 0.29) is 18.5 Å². The molecule has 0 radical (unpaired) electrons. The van der Waals surface area contributed by atoms with Crippen LogP contribution < -0.4 is 9.62 Å². The average Bonchev–Trinajstić information content (AvgIpc) is 2.83. The molecule has 1 fully saturated rings. The van der Waals surface area contributed by atoms with Gasteiger partial charge in [-0.2, -0.15) is 0 Å². The summed E-state index contributed by atoms with van der Waals surface area (Å²) in [5, 5.41) is 3.78. The number of nitrogens with one attached hydrogen (secondary N) is 1. The minimum absolute atomic E-state index is 0.0699. The van der Waals surface area contributed by atoms with Crippen LogP contribution in [0, 0.1) is 6.92 Å². The molecule has 1 N–H and O–H groups in total. The van der Waals surface area contributed by atoms with Crippen molar-refractivity contribution in [2.24, 2.45) is 0 Å².